The van der Waals surface area contributed by atoms with Crippen molar-refractivity contribution in [1.29, 1.82) is 0 Å². The van der Waals surface area contributed by atoms with E-state index in [1.165, 1.54) is 0 Å². The highest BCUT2D eigenvalue weighted by Gasteiger charge is 2.29. The predicted octanol–water partition coefficient (Wildman–Crippen LogP) is 1.03. The van der Waals surface area contributed by atoms with Crippen LogP contribution in [-0.2, 0) is 9.47 Å². The summed E-state index contributed by atoms with van der Waals surface area (Å²) < 4.78 is 43.8. The van der Waals surface area contributed by atoms with E-state index in [1.807, 2.05) is 0 Å². The van der Waals surface area contributed by atoms with Gasteiger partial charge in [-0.1, -0.05) is 0 Å². The Hall–Kier alpha value is -0.330. The number of alkyl halides is 3. The van der Waals surface area contributed by atoms with Gasteiger partial charge < -0.3 is 15.2 Å². The normalized spacial score (nSPS) is 28.6. The highest BCUT2D eigenvalue weighted by molar-refractivity contribution is 4.82. The first-order valence-corrected chi connectivity index (χ1v) is 3.99. The molecule has 1 aliphatic rings. The Morgan fingerprint density at radius 3 is 2.38 bits per heavy atom. The molecule has 0 aromatic carbocycles. The summed E-state index contributed by atoms with van der Waals surface area (Å²) in [5, 5.41) is 0. The first-order valence-electron chi connectivity index (χ1n) is 3.99. The van der Waals surface area contributed by atoms with Crippen LogP contribution in [0.2, 0.25) is 0 Å². The lowest BCUT2D eigenvalue weighted by molar-refractivity contribution is -0.207. The van der Waals surface area contributed by atoms with Gasteiger partial charge in [0.25, 0.3) is 0 Å². The summed E-state index contributed by atoms with van der Waals surface area (Å²) in [6, 6.07) is 0.132. The zero-order valence-electron chi connectivity index (χ0n) is 7.01. The van der Waals surface area contributed by atoms with E-state index in [9.17, 15) is 13.2 Å². The van der Waals surface area contributed by atoms with Crippen LogP contribution in [0.15, 0.2) is 0 Å². The molecule has 0 unspecified atom stereocenters. The number of ether oxygens (including phenoxy) is 2. The molecule has 0 amide bonds. The summed E-state index contributed by atoms with van der Waals surface area (Å²) in [6.07, 6.45) is -2.90. The van der Waals surface area contributed by atoms with Crippen LogP contribution in [0.5, 0.6) is 0 Å². The van der Waals surface area contributed by atoms with Crippen molar-refractivity contribution in [3.63, 3.8) is 0 Å². The Morgan fingerprint density at radius 1 is 1.31 bits per heavy atom. The molecule has 0 radical (unpaired) electrons. The van der Waals surface area contributed by atoms with Crippen molar-refractivity contribution in [3.8, 4) is 0 Å². The van der Waals surface area contributed by atoms with E-state index in [4.69, 9.17) is 10.5 Å². The fraction of sp³-hybridized carbons (Fsp3) is 1.00. The second-order valence-electron chi connectivity index (χ2n) is 3.10. The van der Waals surface area contributed by atoms with Crippen molar-refractivity contribution in [3.05, 3.63) is 0 Å². The van der Waals surface area contributed by atoms with Crippen LogP contribution < -0.4 is 5.73 Å². The number of nitrogens with two attached hydrogens (primary N) is 1. The molecule has 78 valence electrons. The van der Waals surface area contributed by atoms with Gasteiger partial charge in [0.2, 0.25) is 0 Å². The van der Waals surface area contributed by atoms with Gasteiger partial charge >= 0.3 is 6.18 Å². The number of hydrogen-bond donors (Lipinski definition) is 1. The van der Waals surface area contributed by atoms with E-state index < -0.39 is 12.8 Å². The van der Waals surface area contributed by atoms with Crippen LogP contribution in [0, 0.1) is 0 Å². The average molecular weight is 199 g/mol. The van der Waals surface area contributed by atoms with Gasteiger partial charge in [0.1, 0.15) is 13.4 Å². The Labute approximate surface area is 74.0 Å². The lowest BCUT2D eigenvalue weighted by Gasteiger charge is -2.31. The zero-order chi connectivity index (χ0) is 9.90. The lowest BCUT2D eigenvalue weighted by Crippen LogP contribution is -2.42. The molecule has 0 heterocycles. The summed E-state index contributed by atoms with van der Waals surface area (Å²) >= 11 is 0. The molecule has 1 rings (SSSR count). The van der Waals surface area contributed by atoms with E-state index in [2.05, 4.69) is 4.74 Å². The molecular formula is C7H12F3NO2. The van der Waals surface area contributed by atoms with Crippen LogP contribution in [0.4, 0.5) is 13.2 Å². The summed E-state index contributed by atoms with van der Waals surface area (Å²) in [4.78, 5) is 0. The van der Waals surface area contributed by atoms with Crippen molar-refractivity contribution in [1.82, 2.24) is 0 Å². The Morgan fingerprint density at radius 2 is 1.92 bits per heavy atom. The summed E-state index contributed by atoms with van der Waals surface area (Å²) in [6.45, 7) is -1.57. The molecule has 0 atom stereocenters. The third-order valence-corrected chi connectivity index (χ3v) is 1.78. The quantitative estimate of drug-likeness (QED) is 0.543. The lowest BCUT2D eigenvalue weighted by atomic mass is 9.90. The summed E-state index contributed by atoms with van der Waals surface area (Å²) in [7, 11) is 0. The molecule has 1 fully saturated rings. The van der Waals surface area contributed by atoms with Gasteiger partial charge in [0.05, 0.1) is 6.10 Å². The minimum absolute atomic E-state index is 0.0248. The van der Waals surface area contributed by atoms with Gasteiger partial charge in [-0.3, -0.25) is 0 Å². The monoisotopic (exact) mass is 199 g/mol. The van der Waals surface area contributed by atoms with Gasteiger partial charge in [-0.05, 0) is 12.8 Å². The van der Waals surface area contributed by atoms with E-state index in [0.717, 1.165) is 0 Å². The molecule has 13 heavy (non-hydrogen) atoms. The maximum atomic E-state index is 11.5. The number of rotatable bonds is 4. The summed E-state index contributed by atoms with van der Waals surface area (Å²) in [5.74, 6) is 0. The predicted molar refractivity (Wildman–Crippen MR) is 39.0 cm³/mol. The van der Waals surface area contributed by atoms with Crippen LogP contribution in [0.3, 0.4) is 0 Å². The average Bonchev–Trinajstić information content (AvgIpc) is 1.91. The van der Waals surface area contributed by atoms with Crippen LogP contribution in [-0.4, -0.2) is 31.7 Å². The molecule has 3 nitrogen and oxygen atoms in total. The third-order valence-electron chi connectivity index (χ3n) is 1.78. The highest BCUT2D eigenvalue weighted by Crippen LogP contribution is 2.21. The molecule has 1 saturated carbocycles. The molecule has 6 heteroatoms. The van der Waals surface area contributed by atoms with Gasteiger partial charge in [0.15, 0.2) is 0 Å². The highest BCUT2D eigenvalue weighted by atomic mass is 19.4. The largest absolute Gasteiger partial charge is 0.411 e. The van der Waals surface area contributed by atoms with Crippen molar-refractivity contribution < 1.29 is 22.6 Å². The second-order valence-corrected chi connectivity index (χ2v) is 3.10. The zero-order valence-corrected chi connectivity index (χ0v) is 7.01. The van der Waals surface area contributed by atoms with E-state index >= 15 is 0 Å². The minimum Gasteiger partial charge on any atom is -0.352 e. The SMILES string of the molecule is NC1CC(OCOCC(F)(F)F)C1. The molecule has 0 saturated heterocycles. The molecule has 0 aromatic heterocycles. The molecule has 1 aliphatic carbocycles. The Bertz CT molecular complexity index is 156. The molecule has 2 N–H and O–H groups in total. The van der Waals surface area contributed by atoms with E-state index in [1.54, 1.807) is 0 Å². The molecule has 0 aliphatic heterocycles. The Balaban J connectivity index is 1.90. The van der Waals surface area contributed by atoms with Gasteiger partial charge in [-0.25, -0.2) is 0 Å². The van der Waals surface area contributed by atoms with Gasteiger partial charge in [-0.15, -0.1) is 0 Å². The topological polar surface area (TPSA) is 44.5 Å². The minimum atomic E-state index is -4.28. The standard InChI is InChI=1S/C7H12F3NO2/c8-7(9,10)3-12-4-13-6-1-5(11)2-6/h5-6H,1-4,11H2. The first-order chi connectivity index (χ1) is 5.97. The maximum absolute atomic E-state index is 11.5. The third kappa shape index (κ3) is 4.44. The van der Waals surface area contributed by atoms with E-state index in [-0.39, 0.29) is 18.9 Å². The molecule has 0 bridgehead atoms. The fourth-order valence-corrected chi connectivity index (χ4v) is 1.04. The fourth-order valence-electron chi connectivity index (χ4n) is 1.04. The second kappa shape index (κ2) is 4.26. The van der Waals surface area contributed by atoms with Crippen LogP contribution in [0.1, 0.15) is 12.8 Å². The maximum Gasteiger partial charge on any atom is 0.411 e. The van der Waals surface area contributed by atoms with Crippen LogP contribution in [0.25, 0.3) is 0 Å². The molecule has 0 spiro atoms. The van der Waals surface area contributed by atoms with E-state index in [0.29, 0.717) is 12.8 Å². The molecule has 0 aromatic rings. The van der Waals surface area contributed by atoms with Crippen molar-refractivity contribution >= 4 is 0 Å². The Kier molecular flexibility index (Phi) is 3.52. The number of halogens is 3. The smallest absolute Gasteiger partial charge is 0.352 e. The van der Waals surface area contributed by atoms with Gasteiger partial charge in [0, 0.05) is 6.04 Å². The summed E-state index contributed by atoms with van der Waals surface area (Å²) in [5.41, 5.74) is 5.44. The first kappa shape index (κ1) is 10.7. The van der Waals surface area contributed by atoms with Crippen molar-refractivity contribution in [2.45, 2.75) is 31.2 Å². The molecular weight excluding hydrogens is 187 g/mol. The van der Waals surface area contributed by atoms with Crippen LogP contribution >= 0.6 is 0 Å². The van der Waals surface area contributed by atoms with Crippen molar-refractivity contribution in [2.75, 3.05) is 13.4 Å². The van der Waals surface area contributed by atoms with Gasteiger partial charge in [-0.2, -0.15) is 13.2 Å². The van der Waals surface area contributed by atoms with Crippen molar-refractivity contribution in [2.24, 2.45) is 5.73 Å². The number of hydrogen-bond acceptors (Lipinski definition) is 3.